The van der Waals surface area contributed by atoms with Crippen LogP contribution in [-0.4, -0.2) is 61.1 Å². The van der Waals surface area contributed by atoms with Gasteiger partial charge in [-0.2, -0.15) is 0 Å². The van der Waals surface area contributed by atoms with Crippen LogP contribution in [0.25, 0.3) is 0 Å². The van der Waals surface area contributed by atoms with Crippen LogP contribution in [0.2, 0.25) is 0 Å². The standard InChI is InChI=1S/C15H25N3O4S/c1-4-16-14(17-10-12(19)13-6-5-8-22-13)18-7-9-23(20,21)15(2,3)11-18/h5-6,8,12,19H,4,7,9-11H2,1-3H3,(H,16,17). The molecule has 130 valence electrons. The summed E-state index contributed by atoms with van der Waals surface area (Å²) in [5.41, 5.74) is 0. The van der Waals surface area contributed by atoms with Gasteiger partial charge in [-0.1, -0.05) is 0 Å². The predicted octanol–water partition coefficient (Wildman–Crippen LogP) is 0.788. The molecule has 8 heteroatoms. The highest BCUT2D eigenvalue weighted by Crippen LogP contribution is 2.24. The van der Waals surface area contributed by atoms with Crippen molar-refractivity contribution >= 4 is 15.8 Å². The van der Waals surface area contributed by atoms with Crippen LogP contribution in [0, 0.1) is 0 Å². The van der Waals surface area contributed by atoms with Gasteiger partial charge in [0.1, 0.15) is 11.9 Å². The second kappa shape index (κ2) is 6.92. The highest BCUT2D eigenvalue weighted by atomic mass is 32.2. The van der Waals surface area contributed by atoms with Gasteiger partial charge in [-0.3, -0.25) is 0 Å². The maximum atomic E-state index is 12.1. The zero-order valence-electron chi connectivity index (χ0n) is 13.8. The van der Waals surface area contributed by atoms with Crippen LogP contribution in [0.1, 0.15) is 32.6 Å². The van der Waals surface area contributed by atoms with Crippen LogP contribution in [0.15, 0.2) is 27.8 Å². The Labute approximate surface area is 137 Å². The Balaban J connectivity index is 2.10. The molecule has 0 saturated carbocycles. The first-order chi connectivity index (χ1) is 10.8. The number of guanidine groups is 1. The molecule has 1 saturated heterocycles. The lowest BCUT2D eigenvalue weighted by Gasteiger charge is -2.39. The third kappa shape index (κ3) is 4.06. The lowest BCUT2D eigenvalue weighted by atomic mass is 10.2. The van der Waals surface area contributed by atoms with Gasteiger partial charge in [-0.25, -0.2) is 13.4 Å². The third-order valence-corrected chi connectivity index (χ3v) is 6.50. The second-order valence-electron chi connectivity index (χ2n) is 6.23. The molecule has 1 atom stereocenters. The highest BCUT2D eigenvalue weighted by Gasteiger charge is 2.40. The van der Waals surface area contributed by atoms with E-state index in [0.717, 1.165) is 0 Å². The van der Waals surface area contributed by atoms with Gasteiger partial charge in [0.05, 0.1) is 23.3 Å². The fourth-order valence-electron chi connectivity index (χ4n) is 2.49. The fourth-order valence-corrected chi connectivity index (χ4v) is 3.86. The van der Waals surface area contributed by atoms with E-state index in [9.17, 15) is 13.5 Å². The second-order valence-corrected chi connectivity index (χ2v) is 8.97. The summed E-state index contributed by atoms with van der Waals surface area (Å²) < 4.78 is 28.6. The molecule has 2 heterocycles. The summed E-state index contributed by atoms with van der Waals surface area (Å²) in [7, 11) is -3.10. The first-order valence-electron chi connectivity index (χ1n) is 7.74. The smallest absolute Gasteiger partial charge is 0.194 e. The topological polar surface area (TPSA) is 95.1 Å². The Morgan fingerprint density at radius 1 is 1.57 bits per heavy atom. The van der Waals surface area contributed by atoms with E-state index in [-0.39, 0.29) is 12.3 Å². The van der Waals surface area contributed by atoms with Crippen molar-refractivity contribution in [3.05, 3.63) is 24.2 Å². The molecule has 1 unspecified atom stereocenters. The van der Waals surface area contributed by atoms with Crippen LogP contribution in [0.5, 0.6) is 0 Å². The molecule has 1 fully saturated rings. The van der Waals surface area contributed by atoms with E-state index in [4.69, 9.17) is 4.42 Å². The predicted molar refractivity (Wildman–Crippen MR) is 89.1 cm³/mol. The molecule has 1 aliphatic rings. The van der Waals surface area contributed by atoms with Crippen molar-refractivity contribution in [3.8, 4) is 0 Å². The average Bonchev–Trinajstić information content (AvgIpc) is 3.00. The van der Waals surface area contributed by atoms with Crippen molar-refractivity contribution in [2.45, 2.75) is 31.6 Å². The van der Waals surface area contributed by atoms with Crippen LogP contribution in [0.4, 0.5) is 0 Å². The van der Waals surface area contributed by atoms with Gasteiger partial charge < -0.3 is 19.7 Å². The number of nitrogens with zero attached hydrogens (tertiary/aromatic N) is 2. The number of hydrogen-bond acceptors (Lipinski definition) is 5. The maximum Gasteiger partial charge on any atom is 0.194 e. The maximum absolute atomic E-state index is 12.1. The summed E-state index contributed by atoms with van der Waals surface area (Å²) in [6.07, 6.45) is 0.686. The third-order valence-electron chi connectivity index (χ3n) is 3.96. The number of hydrogen-bond donors (Lipinski definition) is 2. The number of aliphatic imine (C=N–C) groups is 1. The minimum absolute atomic E-state index is 0.102. The largest absolute Gasteiger partial charge is 0.467 e. The summed E-state index contributed by atoms with van der Waals surface area (Å²) >= 11 is 0. The minimum atomic E-state index is -3.10. The van der Waals surface area contributed by atoms with Gasteiger partial charge in [0.25, 0.3) is 0 Å². The number of sulfone groups is 1. The highest BCUT2D eigenvalue weighted by molar-refractivity contribution is 7.92. The van der Waals surface area contributed by atoms with Gasteiger partial charge in [-0.15, -0.1) is 0 Å². The molecule has 0 aromatic carbocycles. The molecule has 0 spiro atoms. The van der Waals surface area contributed by atoms with Gasteiger partial charge in [0.15, 0.2) is 15.8 Å². The molecule has 0 amide bonds. The van der Waals surface area contributed by atoms with E-state index in [2.05, 4.69) is 10.3 Å². The molecule has 7 nitrogen and oxygen atoms in total. The van der Waals surface area contributed by atoms with Crippen molar-refractivity contribution in [2.24, 2.45) is 4.99 Å². The molecular weight excluding hydrogens is 318 g/mol. The summed E-state index contributed by atoms with van der Waals surface area (Å²) in [6.45, 7) is 7.00. The summed E-state index contributed by atoms with van der Waals surface area (Å²) in [4.78, 5) is 6.36. The zero-order chi connectivity index (χ0) is 17.1. The van der Waals surface area contributed by atoms with Crippen LogP contribution in [0.3, 0.4) is 0 Å². The SMILES string of the molecule is CCNC(=NCC(O)c1ccco1)N1CCS(=O)(=O)C(C)(C)C1. The lowest BCUT2D eigenvalue weighted by molar-refractivity contribution is 0.158. The number of aliphatic hydroxyl groups excluding tert-OH is 1. The van der Waals surface area contributed by atoms with Crippen LogP contribution >= 0.6 is 0 Å². The normalized spacial score (nSPS) is 21.9. The summed E-state index contributed by atoms with van der Waals surface area (Å²) in [6, 6.07) is 3.41. The Morgan fingerprint density at radius 3 is 2.87 bits per heavy atom. The van der Waals surface area contributed by atoms with Crippen molar-refractivity contribution < 1.29 is 17.9 Å². The number of furan rings is 1. The lowest BCUT2D eigenvalue weighted by Crippen LogP contribution is -2.57. The number of rotatable bonds is 4. The van der Waals surface area contributed by atoms with Crippen molar-refractivity contribution in [1.82, 2.24) is 10.2 Å². The van der Waals surface area contributed by atoms with Gasteiger partial charge in [0, 0.05) is 19.6 Å². The first kappa shape index (κ1) is 17.8. The monoisotopic (exact) mass is 343 g/mol. The Morgan fingerprint density at radius 2 is 2.30 bits per heavy atom. The molecule has 0 aliphatic carbocycles. The molecule has 1 aromatic rings. The average molecular weight is 343 g/mol. The molecule has 1 aliphatic heterocycles. The van der Waals surface area contributed by atoms with E-state index < -0.39 is 20.7 Å². The Kier molecular flexibility index (Phi) is 5.36. The van der Waals surface area contributed by atoms with Gasteiger partial charge in [0.2, 0.25) is 0 Å². The molecule has 0 radical (unpaired) electrons. The van der Waals surface area contributed by atoms with Gasteiger partial charge >= 0.3 is 0 Å². The minimum Gasteiger partial charge on any atom is -0.467 e. The molecular formula is C15H25N3O4S. The van der Waals surface area contributed by atoms with E-state index in [1.807, 2.05) is 11.8 Å². The fraction of sp³-hybridized carbons (Fsp3) is 0.667. The summed E-state index contributed by atoms with van der Waals surface area (Å²) in [5, 5.41) is 13.2. The quantitative estimate of drug-likeness (QED) is 0.620. The van der Waals surface area contributed by atoms with E-state index in [1.54, 1.807) is 26.0 Å². The molecule has 2 N–H and O–H groups in total. The van der Waals surface area contributed by atoms with E-state index >= 15 is 0 Å². The van der Waals surface area contributed by atoms with E-state index in [1.165, 1.54) is 6.26 Å². The Hall–Kier alpha value is -1.54. The molecule has 1 aromatic heterocycles. The van der Waals surface area contributed by atoms with Crippen LogP contribution < -0.4 is 5.32 Å². The van der Waals surface area contributed by atoms with Crippen molar-refractivity contribution in [3.63, 3.8) is 0 Å². The van der Waals surface area contributed by atoms with Gasteiger partial charge in [-0.05, 0) is 32.9 Å². The zero-order valence-corrected chi connectivity index (χ0v) is 14.6. The number of aliphatic hydroxyl groups is 1. The molecule has 0 bridgehead atoms. The van der Waals surface area contributed by atoms with Crippen molar-refractivity contribution in [1.29, 1.82) is 0 Å². The Bertz CT molecular complexity index is 638. The molecule has 23 heavy (non-hydrogen) atoms. The summed E-state index contributed by atoms with van der Waals surface area (Å²) in [5.74, 6) is 1.18. The van der Waals surface area contributed by atoms with E-state index in [0.29, 0.717) is 31.4 Å². The van der Waals surface area contributed by atoms with Crippen molar-refractivity contribution in [2.75, 3.05) is 31.9 Å². The number of nitrogens with one attached hydrogen (secondary N) is 1. The van der Waals surface area contributed by atoms with Crippen LogP contribution in [-0.2, 0) is 9.84 Å². The first-order valence-corrected chi connectivity index (χ1v) is 9.39. The molecule has 2 rings (SSSR count).